The molecule has 1 aromatic heterocycles. The molecule has 2 rings (SSSR count). The molecule has 0 spiro atoms. The molecule has 2 nitrogen and oxygen atoms in total. The highest BCUT2D eigenvalue weighted by Crippen LogP contribution is 2.52. The molecule has 0 fully saturated rings. The molecule has 0 saturated carbocycles. The van der Waals surface area contributed by atoms with Crippen LogP contribution in [0.3, 0.4) is 0 Å². The minimum absolute atomic E-state index is 0.296. The first-order valence-electron chi connectivity index (χ1n) is 8.81. The molecular weight excluding hydrogens is 286 g/mol. The summed E-state index contributed by atoms with van der Waals surface area (Å²) < 4.78 is 0. The van der Waals surface area contributed by atoms with Crippen molar-refractivity contribution in [2.45, 2.75) is 83.0 Å². The van der Waals surface area contributed by atoms with Crippen molar-refractivity contribution in [1.29, 1.82) is 0 Å². The van der Waals surface area contributed by atoms with E-state index in [1.807, 2.05) is 18.3 Å². The van der Waals surface area contributed by atoms with Crippen molar-refractivity contribution < 1.29 is 4.79 Å². The summed E-state index contributed by atoms with van der Waals surface area (Å²) in [5.74, 6) is 0.296. The molecule has 0 unspecified atom stereocenters. The number of carbonyl (C=O) groups excluding carboxylic acids is 1. The third-order valence-electron chi connectivity index (χ3n) is 5.97. The zero-order valence-corrected chi connectivity index (χ0v) is 16.0. The Hall–Kier alpha value is -0.963. The summed E-state index contributed by atoms with van der Waals surface area (Å²) in [7, 11) is -1.65. The highest BCUT2D eigenvalue weighted by molar-refractivity contribution is 6.84. The van der Waals surface area contributed by atoms with Gasteiger partial charge in [0.15, 0.2) is 5.78 Å². The van der Waals surface area contributed by atoms with Crippen molar-refractivity contribution >= 4 is 13.9 Å². The normalized spacial score (nSPS) is 19.7. The Kier molecular flexibility index (Phi) is 5.26. The molecule has 1 heterocycles. The number of Topliss-reactive ketones (excluding diaryl/α,β-unsaturated/α-hetero) is 1. The largest absolute Gasteiger partial charge is 0.294 e. The third-order valence-corrected chi connectivity index (χ3v) is 13.7. The van der Waals surface area contributed by atoms with Gasteiger partial charge in [0.2, 0.25) is 0 Å². The van der Waals surface area contributed by atoms with Crippen molar-refractivity contribution in [1.82, 2.24) is 4.98 Å². The summed E-state index contributed by atoms with van der Waals surface area (Å²) in [5.41, 5.74) is 4.62. The molecule has 122 valence electrons. The van der Waals surface area contributed by atoms with Gasteiger partial charge in [-0.25, -0.2) is 0 Å². The molecule has 0 N–H and O–H groups in total. The van der Waals surface area contributed by atoms with Gasteiger partial charge in [0.25, 0.3) is 0 Å². The smallest absolute Gasteiger partial charge is 0.164 e. The van der Waals surface area contributed by atoms with Crippen molar-refractivity contribution in [3.8, 4) is 0 Å². The third kappa shape index (κ3) is 2.68. The summed E-state index contributed by atoms with van der Waals surface area (Å²) in [4.78, 5) is 17.2. The van der Waals surface area contributed by atoms with Gasteiger partial charge >= 0.3 is 0 Å². The first kappa shape index (κ1) is 17.4. The van der Waals surface area contributed by atoms with Crippen LogP contribution in [0.2, 0.25) is 16.6 Å². The van der Waals surface area contributed by atoms with Crippen molar-refractivity contribution in [3.05, 3.63) is 29.6 Å². The van der Waals surface area contributed by atoms with Gasteiger partial charge in [0, 0.05) is 18.2 Å². The molecule has 0 amide bonds. The first-order chi connectivity index (χ1) is 10.3. The van der Waals surface area contributed by atoms with Crippen LogP contribution in [0, 0.1) is 0 Å². The minimum Gasteiger partial charge on any atom is -0.294 e. The van der Waals surface area contributed by atoms with E-state index in [0.29, 0.717) is 34.4 Å². The fourth-order valence-electron chi connectivity index (χ4n) is 5.36. The summed E-state index contributed by atoms with van der Waals surface area (Å²) in [6.45, 7) is 14.4. The Bertz CT molecular complexity index is 514. The van der Waals surface area contributed by atoms with E-state index in [1.54, 1.807) is 0 Å². The van der Waals surface area contributed by atoms with Crippen molar-refractivity contribution in [2.24, 2.45) is 0 Å². The van der Waals surface area contributed by atoms with E-state index in [2.05, 4.69) is 41.5 Å². The van der Waals surface area contributed by atoms with Gasteiger partial charge in [-0.15, -0.1) is 0 Å². The molecule has 1 aromatic rings. The Morgan fingerprint density at radius 2 is 1.68 bits per heavy atom. The fraction of sp³-hybridized carbons (Fsp3) is 0.684. The maximum absolute atomic E-state index is 12.5. The van der Waals surface area contributed by atoms with Crippen molar-refractivity contribution in [2.75, 3.05) is 0 Å². The van der Waals surface area contributed by atoms with Crippen LogP contribution < -0.4 is 0 Å². The molecule has 0 aliphatic heterocycles. The lowest BCUT2D eigenvalue weighted by atomic mass is 10.1. The van der Waals surface area contributed by atoms with E-state index in [9.17, 15) is 4.79 Å². The number of ketones is 1. The lowest BCUT2D eigenvalue weighted by molar-refractivity contribution is 0.0981. The Labute approximate surface area is 136 Å². The zero-order valence-electron chi connectivity index (χ0n) is 15.0. The summed E-state index contributed by atoms with van der Waals surface area (Å²) >= 11 is 0. The predicted molar refractivity (Wildman–Crippen MR) is 96.2 cm³/mol. The number of rotatable bonds is 4. The Balaban J connectivity index is 2.66. The van der Waals surface area contributed by atoms with Gasteiger partial charge in [-0.1, -0.05) is 58.2 Å². The Morgan fingerprint density at radius 3 is 2.23 bits per heavy atom. The molecule has 0 radical (unpaired) electrons. The van der Waals surface area contributed by atoms with Crippen LogP contribution in [-0.2, 0) is 0 Å². The second-order valence-corrected chi connectivity index (χ2v) is 13.9. The van der Waals surface area contributed by atoms with Gasteiger partial charge < -0.3 is 0 Å². The number of aromatic nitrogens is 1. The lowest BCUT2D eigenvalue weighted by Crippen LogP contribution is -2.51. The van der Waals surface area contributed by atoms with Gasteiger partial charge in [-0.3, -0.25) is 9.78 Å². The summed E-state index contributed by atoms with van der Waals surface area (Å²) in [6.07, 6.45) is 4.72. The fourth-order valence-corrected chi connectivity index (χ4v) is 13.2. The van der Waals surface area contributed by atoms with E-state index in [4.69, 9.17) is 4.98 Å². The van der Waals surface area contributed by atoms with Crippen LogP contribution in [0.5, 0.6) is 0 Å². The number of hydrogen-bond donors (Lipinski definition) is 0. The van der Waals surface area contributed by atoms with Crippen LogP contribution in [-0.4, -0.2) is 18.8 Å². The Morgan fingerprint density at radius 1 is 1.09 bits per heavy atom. The standard InChI is InChI=1S/C19H31NOSi/c1-13(2)22(14(3)4,15(5)6)18-11-7-10-17(21)16-9-8-12-20-19(16)18/h8-9,12-15,18H,7,10-11H2,1-6H3/t18-/m1/s1. The van der Waals surface area contributed by atoms with Gasteiger partial charge in [-0.05, 0) is 30.5 Å². The molecule has 22 heavy (non-hydrogen) atoms. The average Bonchev–Trinajstić information content (AvgIpc) is 2.60. The molecule has 1 atom stereocenters. The minimum atomic E-state index is -1.65. The molecule has 0 bridgehead atoms. The predicted octanol–water partition coefficient (Wildman–Crippen LogP) is 5.75. The number of fused-ring (bicyclic) bond motifs is 1. The van der Waals surface area contributed by atoms with E-state index < -0.39 is 8.07 Å². The second-order valence-electron chi connectivity index (χ2n) is 7.77. The molecule has 1 aliphatic rings. The maximum atomic E-state index is 12.5. The summed E-state index contributed by atoms with van der Waals surface area (Å²) in [5, 5.41) is 0. The van der Waals surface area contributed by atoms with Crippen molar-refractivity contribution in [3.63, 3.8) is 0 Å². The van der Waals surface area contributed by atoms with E-state index in [-0.39, 0.29) is 0 Å². The topological polar surface area (TPSA) is 30.0 Å². The van der Waals surface area contributed by atoms with Crippen LogP contribution in [0.15, 0.2) is 18.3 Å². The SMILES string of the molecule is CC(C)[Si](C(C)C)(C(C)C)[C@@H]1CCCC(=O)c2cccnc21. The molecule has 0 saturated heterocycles. The monoisotopic (exact) mass is 317 g/mol. The zero-order chi connectivity index (χ0) is 16.5. The van der Waals surface area contributed by atoms with Crippen LogP contribution in [0.4, 0.5) is 0 Å². The number of hydrogen-bond acceptors (Lipinski definition) is 2. The molecule has 3 heteroatoms. The first-order valence-corrected chi connectivity index (χ1v) is 11.1. The highest BCUT2D eigenvalue weighted by Gasteiger charge is 2.50. The number of pyridine rings is 1. The highest BCUT2D eigenvalue weighted by atomic mass is 28.3. The average molecular weight is 318 g/mol. The molecular formula is C19H31NOSi. The van der Waals surface area contributed by atoms with E-state index in [0.717, 1.165) is 24.1 Å². The van der Waals surface area contributed by atoms with Crippen LogP contribution >= 0.6 is 0 Å². The molecule has 0 aromatic carbocycles. The van der Waals surface area contributed by atoms with Crippen LogP contribution in [0.25, 0.3) is 0 Å². The maximum Gasteiger partial charge on any atom is 0.164 e. The summed E-state index contributed by atoms with van der Waals surface area (Å²) in [6, 6.07) is 3.92. The quantitative estimate of drug-likeness (QED) is 0.523. The second kappa shape index (κ2) is 6.65. The van der Waals surface area contributed by atoms with E-state index >= 15 is 0 Å². The van der Waals surface area contributed by atoms with Gasteiger partial charge in [-0.2, -0.15) is 0 Å². The van der Waals surface area contributed by atoms with Gasteiger partial charge in [0.1, 0.15) is 0 Å². The number of nitrogens with zero attached hydrogens (tertiary/aromatic N) is 1. The number of carbonyl (C=O) groups is 1. The van der Waals surface area contributed by atoms with Crippen LogP contribution in [0.1, 0.15) is 82.4 Å². The lowest BCUT2D eigenvalue weighted by Gasteiger charge is -2.49. The van der Waals surface area contributed by atoms with Gasteiger partial charge in [0.05, 0.1) is 13.8 Å². The van der Waals surface area contributed by atoms with E-state index in [1.165, 1.54) is 0 Å². The molecule has 1 aliphatic carbocycles.